The number of likely N-dealkylation sites (tertiary alicyclic amines) is 1. The molecule has 1 aliphatic heterocycles. The molecule has 1 fully saturated rings. The van der Waals surface area contributed by atoms with E-state index in [-0.39, 0.29) is 12.0 Å². The van der Waals surface area contributed by atoms with Crippen LogP contribution in [-0.2, 0) is 0 Å². The Morgan fingerprint density at radius 1 is 1.45 bits per heavy atom. The van der Waals surface area contributed by atoms with E-state index in [2.05, 4.69) is 15.1 Å². The van der Waals surface area contributed by atoms with Gasteiger partial charge in [0, 0.05) is 18.8 Å². The Morgan fingerprint density at radius 3 is 3.00 bits per heavy atom. The van der Waals surface area contributed by atoms with E-state index in [9.17, 15) is 4.79 Å². The fourth-order valence-corrected chi connectivity index (χ4v) is 2.68. The van der Waals surface area contributed by atoms with Crippen molar-refractivity contribution in [3.63, 3.8) is 0 Å². The lowest BCUT2D eigenvalue weighted by atomic mass is 10.1. The maximum absolute atomic E-state index is 12.6. The fourth-order valence-electron chi connectivity index (χ4n) is 2.68. The lowest BCUT2D eigenvalue weighted by Crippen LogP contribution is -2.44. The first kappa shape index (κ1) is 14.5. The molecule has 3 heterocycles. The predicted octanol–water partition coefficient (Wildman–Crippen LogP) is 1.77. The summed E-state index contributed by atoms with van der Waals surface area (Å²) < 4.78 is 10.9. The van der Waals surface area contributed by atoms with Crippen molar-refractivity contribution >= 4 is 5.91 Å². The molecular weight excluding hydrogens is 284 g/mol. The second-order valence-corrected chi connectivity index (χ2v) is 5.38. The van der Waals surface area contributed by atoms with E-state index in [0.29, 0.717) is 36.0 Å². The summed E-state index contributed by atoms with van der Waals surface area (Å²) in [6.07, 6.45) is 4.82. The van der Waals surface area contributed by atoms with Gasteiger partial charge in [-0.2, -0.15) is 0 Å². The predicted molar refractivity (Wildman–Crippen MR) is 77.6 cm³/mol. The number of nitrogens with zero attached hydrogens (tertiary/aromatic N) is 4. The van der Waals surface area contributed by atoms with Crippen LogP contribution in [-0.4, -0.2) is 45.1 Å². The summed E-state index contributed by atoms with van der Waals surface area (Å²) in [5.74, 6) is 1.04. The number of hydrogen-bond donors (Lipinski definition) is 0. The number of aryl methyl sites for hydroxylation is 2. The van der Waals surface area contributed by atoms with E-state index < -0.39 is 0 Å². The standard InChI is InChI=1S/C15H18N4O3/c1-10-14(11(2)22-18-10)15(20)19-7-3-4-12(8-19)21-13-5-6-16-9-17-13/h5-6,9,12H,3-4,7-8H2,1-2H3/t12-/m1/s1. The van der Waals surface area contributed by atoms with Gasteiger partial charge in [-0.05, 0) is 26.7 Å². The molecule has 0 spiro atoms. The van der Waals surface area contributed by atoms with E-state index in [1.54, 1.807) is 31.0 Å². The lowest BCUT2D eigenvalue weighted by molar-refractivity contribution is 0.0525. The van der Waals surface area contributed by atoms with Crippen molar-refractivity contribution < 1.29 is 14.1 Å². The molecular formula is C15H18N4O3. The zero-order valence-corrected chi connectivity index (χ0v) is 12.7. The van der Waals surface area contributed by atoms with E-state index >= 15 is 0 Å². The Morgan fingerprint density at radius 2 is 2.32 bits per heavy atom. The highest BCUT2D eigenvalue weighted by Crippen LogP contribution is 2.20. The van der Waals surface area contributed by atoms with Crippen molar-refractivity contribution in [2.45, 2.75) is 32.8 Å². The average Bonchev–Trinajstić information content (AvgIpc) is 2.87. The smallest absolute Gasteiger partial charge is 0.259 e. The number of amides is 1. The Hall–Kier alpha value is -2.44. The highest BCUT2D eigenvalue weighted by molar-refractivity contribution is 5.96. The molecule has 1 amide bonds. The van der Waals surface area contributed by atoms with Crippen molar-refractivity contribution in [2.24, 2.45) is 0 Å². The van der Waals surface area contributed by atoms with E-state index in [1.165, 1.54) is 6.33 Å². The molecule has 116 valence electrons. The Labute approximate surface area is 128 Å². The van der Waals surface area contributed by atoms with Gasteiger partial charge in [-0.3, -0.25) is 4.79 Å². The van der Waals surface area contributed by atoms with Crippen molar-refractivity contribution in [3.8, 4) is 5.88 Å². The van der Waals surface area contributed by atoms with Gasteiger partial charge < -0.3 is 14.2 Å². The SMILES string of the molecule is Cc1noc(C)c1C(=O)N1CCC[C@@H](Oc2ccncn2)C1. The first-order valence-corrected chi connectivity index (χ1v) is 7.30. The molecule has 7 nitrogen and oxygen atoms in total. The molecule has 2 aromatic heterocycles. The maximum atomic E-state index is 12.6. The molecule has 2 aromatic rings. The van der Waals surface area contributed by atoms with E-state index in [4.69, 9.17) is 9.26 Å². The fraction of sp³-hybridized carbons (Fsp3) is 0.467. The molecule has 1 atom stereocenters. The normalized spacial score (nSPS) is 18.3. The Bertz CT molecular complexity index is 637. The van der Waals surface area contributed by atoms with Crippen LogP contribution in [0.15, 0.2) is 23.1 Å². The quantitative estimate of drug-likeness (QED) is 0.859. The first-order valence-electron chi connectivity index (χ1n) is 7.30. The third-order valence-corrected chi connectivity index (χ3v) is 3.75. The molecule has 0 saturated carbocycles. The Kier molecular flexibility index (Phi) is 4.04. The minimum absolute atomic E-state index is 0.0489. The number of hydrogen-bond acceptors (Lipinski definition) is 6. The van der Waals surface area contributed by atoms with E-state index in [0.717, 1.165) is 12.8 Å². The number of rotatable bonds is 3. The van der Waals surface area contributed by atoms with Crippen LogP contribution < -0.4 is 4.74 Å². The van der Waals surface area contributed by atoms with Gasteiger partial charge in [-0.1, -0.05) is 5.16 Å². The summed E-state index contributed by atoms with van der Waals surface area (Å²) in [6.45, 7) is 4.79. The molecule has 1 aliphatic rings. The van der Waals surface area contributed by atoms with Gasteiger partial charge in [-0.25, -0.2) is 9.97 Å². The van der Waals surface area contributed by atoms with Gasteiger partial charge in [0.25, 0.3) is 5.91 Å². The highest BCUT2D eigenvalue weighted by Gasteiger charge is 2.29. The van der Waals surface area contributed by atoms with Crippen LogP contribution >= 0.6 is 0 Å². The number of carbonyl (C=O) groups is 1. The van der Waals surface area contributed by atoms with Crippen LogP contribution in [0.4, 0.5) is 0 Å². The zero-order valence-electron chi connectivity index (χ0n) is 12.7. The number of ether oxygens (including phenoxy) is 1. The molecule has 0 N–H and O–H groups in total. The number of aromatic nitrogens is 3. The molecule has 0 aromatic carbocycles. The van der Waals surface area contributed by atoms with Gasteiger partial charge in [0.15, 0.2) is 0 Å². The molecule has 0 radical (unpaired) electrons. The first-order chi connectivity index (χ1) is 10.6. The van der Waals surface area contributed by atoms with Crippen molar-refractivity contribution in [1.29, 1.82) is 0 Å². The summed E-state index contributed by atoms with van der Waals surface area (Å²) in [6, 6.07) is 1.72. The molecule has 0 aliphatic carbocycles. The van der Waals surface area contributed by atoms with Crippen LogP contribution in [0.2, 0.25) is 0 Å². The summed E-state index contributed by atoms with van der Waals surface area (Å²) in [5.41, 5.74) is 1.18. The van der Waals surface area contributed by atoms with Gasteiger partial charge in [0.1, 0.15) is 23.8 Å². The molecule has 22 heavy (non-hydrogen) atoms. The van der Waals surface area contributed by atoms with Crippen LogP contribution in [0, 0.1) is 13.8 Å². The second kappa shape index (κ2) is 6.13. The van der Waals surface area contributed by atoms with Crippen LogP contribution in [0.25, 0.3) is 0 Å². The van der Waals surface area contributed by atoms with Crippen molar-refractivity contribution in [2.75, 3.05) is 13.1 Å². The van der Waals surface area contributed by atoms with Crippen molar-refractivity contribution in [3.05, 3.63) is 35.6 Å². The lowest BCUT2D eigenvalue weighted by Gasteiger charge is -2.32. The van der Waals surface area contributed by atoms with E-state index in [1.807, 2.05) is 0 Å². The van der Waals surface area contributed by atoms with Crippen molar-refractivity contribution in [1.82, 2.24) is 20.0 Å². The second-order valence-electron chi connectivity index (χ2n) is 5.38. The molecule has 0 unspecified atom stereocenters. The summed E-state index contributed by atoms with van der Waals surface area (Å²) in [7, 11) is 0. The topological polar surface area (TPSA) is 81.4 Å². The number of carbonyl (C=O) groups excluding carboxylic acids is 1. The minimum Gasteiger partial charge on any atom is -0.472 e. The number of piperidine rings is 1. The molecule has 3 rings (SSSR count). The monoisotopic (exact) mass is 302 g/mol. The maximum Gasteiger partial charge on any atom is 0.259 e. The summed E-state index contributed by atoms with van der Waals surface area (Å²) in [5, 5.41) is 3.85. The molecule has 7 heteroatoms. The van der Waals surface area contributed by atoms with Gasteiger partial charge in [0.05, 0.1) is 12.2 Å². The third-order valence-electron chi connectivity index (χ3n) is 3.75. The molecule has 0 bridgehead atoms. The van der Waals surface area contributed by atoms with Gasteiger partial charge >= 0.3 is 0 Å². The molecule has 1 saturated heterocycles. The third kappa shape index (κ3) is 2.93. The van der Waals surface area contributed by atoms with Gasteiger partial charge in [-0.15, -0.1) is 0 Å². The minimum atomic E-state index is -0.0620. The van der Waals surface area contributed by atoms with Crippen LogP contribution in [0.1, 0.15) is 34.7 Å². The summed E-state index contributed by atoms with van der Waals surface area (Å²) >= 11 is 0. The van der Waals surface area contributed by atoms with Crippen LogP contribution in [0.3, 0.4) is 0 Å². The highest BCUT2D eigenvalue weighted by atomic mass is 16.5. The largest absolute Gasteiger partial charge is 0.472 e. The summed E-state index contributed by atoms with van der Waals surface area (Å²) in [4.78, 5) is 22.4. The van der Waals surface area contributed by atoms with Crippen LogP contribution in [0.5, 0.6) is 5.88 Å². The average molecular weight is 302 g/mol. The zero-order chi connectivity index (χ0) is 15.5. The Balaban J connectivity index is 1.69. The van der Waals surface area contributed by atoms with Gasteiger partial charge in [0.2, 0.25) is 5.88 Å².